The Kier molecular flexibility index (Phi) is 3.69. The molecule has 3 heterocycles. The molecule has 0 aliphatic carbocycles. The summed E-state index contributed by atoms with van der Waals surface area (Å²) in [4.78, 5) is 12.0. The van der Waals surface area contributed by atoms with Crippen LogP contribution in [0.25, 0.3) is 11.2 Å². The van der Waals surface area contributed by atoms with Gasteiger partial charge in [-0.2, -0.15) is 0 Å². The molecule has 23 heavy (non-hydrogen) atoms. The van der Waals surface area contributed by atoms with Crippen molar-refractivity contribution >= 4 is 25.1 Å². The molecule has 10 heteroatoms. The number of rotatable bonds is 3. The molecule has 5 N–H and O–H groups in total. The van der Waals surface area contributed by atoms with Crippen molar-refractivity contribution in [2.45, 2.75) is 43.3 Å². The Labute approximate surface area is 133 Å². The van der Waals surface area contributed by atoms with Gasteiger partial charge in [-0.05, 0) is 0 Å². The van der Waals surface area contributed by atoms with Crippen LogP contribution in [0.15, 0.2) is 12.7 Å². The number of nitrogens with two attached hydrogens (primary N) is 1. The largest absolute Gasteiger partial charge is 0.388 e. The first-order valence-electron chi connectivity index (χ1n) is 7.30. The highest BCUT2D eigenvalue weighted by Crippen LogP contribution is 2.37. The van der Waals surface area contributed by atoms with E-state index in [0.717, 1.165) is 0 Å². The normalized spacial score (nSPS) is 30.0. The van der Waals surface area contributed by atoms with E-state index in [-0.39, 0.29) is 12.4 Å². The number of nitrogens with zero attached hydrogens (tertiary/aromatic N) is 4. The minimum atomic E-state index is -2.15. The highest BCUT2D eigenvalue weighted by molar-refractivity contribution is 6.79. The predicted octanol–water partition coefficient (Wildman–Crippen LogP) is -0.732. The summed E-state index contributed by atoms with van der Waals surface area (Å²) in [7, 11) is -2.15. The van der Waals surface area contributed by atoms with Crippen LogP contribution in [0.5, 0.6) is 0 Å². The molecule has 1 saturated heterocycles. The van der Waals surface area contributed by atoms with Crippen LogP contribution in [-0.4, -0.2) is 67.0 Å². The number of aliphatic hydroxyl groups is 3. The fraction of sp³-hybridized carbons (Fsp3) is 0.615. The minimum absolute atomic E-state index is 0.0185. The van der Waals surface area contributed by atoms with E-state index in [2.05, 4.69) is 15.0 Å². The van der Waals surface area contributed by atoms with Gasteiger partial charge >= 0.3 is 0 Å². The monoisotopic (exact) mass is 339 g/mol. The first-order chi connectivity index (χ1) is 10.7. The molecule has 0 bridgehead atoms. The molecule has 9 nitrogen and oxygen atoms in total. The molecule has 1 aliphatic heterocycles. The molecular formula is C13H21N5O4Si. The second kappa shape index (κ2) is 5.21. The topological polar surface area (TPSA) is 140 Å². The number of fused-ring (bicyclic) bond motifs is 1. The number of ether oxygens (including phenoxy) is 1. The van der Waals surface area contributed by atoms with E-state index in [4.69, 9.17) is 10.5 Å². The van der Waals surface area contributed by atoms with Crippen LogP contribution in [0.2, 0.25) is 19.6 Å². The lowest BCUT2D eigenvalue weighted by Gasteiger charge is -2.37. The molecule has 1 unspecified atom stereocenters. The van der Waals surface area contributed by atoms with Crippen molar-refractivity contribution in [1.82, 2.24) is 19.5 Å². The third-order valence-corrected chi connectivity index (χ3v) is 7.60. The number of nitrogen functional groups attached to an aromatic ring is 1. The molecule has 3 rings (SSSR count). The molecule has 2 aromatic heterocycles. The van der Waals surface area contributed by atoms with Crippen LogP contribution in [0.3, 0.4) is 0 Å². The summed E-state index contributed by atoms with van der Waals surface area (Å²) in [5.41, 5.74) is 6.42. The van der Waals surface area contributed by atoms with Gasteiger partial charge in [0, 0.05) is 0 Å². The van der Waals surface area contributed by atoms with E-state index in [1.807, 2.05) is 19.6 Å². The van der Waals surface area contributed by atoms with Crippen molar-refractivity contribution in [2.75, 3.05) is 12.3 Å². The molecule has 0 spiro atoms. The Morgan fingerprint density at radius 3 is 2.70 bits per heavy atom. The summed E-state index contributed by atoms with van der Waals surface area (Å²) in [5.74, 6) is 0.201. The maximum absolute atomic E-state index is 10.8. The maximum atomic E-state index is 10.8. The summed E-state index contributed by atoms with van der Waals surface area (Å²) in [5, 5.41) is 30.6. The molecule has 4 atom stereocenters. The van der Waals surface area contributed by atoms with Crippen molar-refractivity contribution in [3.05, 3.63) is 12.7 Å². The zero-order valence-electron chi connectivity index (χ0n) is 13.2. The summed E-state index contributed by atoms with van der Waals surface area (Å²) >= 11 is 0. The van der Waals surface area contributed by atoms with Crippen LogP contribution < -0.4 is 5.73 Å². The van der Waals surface area contributed by atoms with E-state index in [1.165, 1.54) is 17.2 Å². The van der Waals surface area contributed by atoms with Crippen LogP contribution in [-0.2, 0) is 4.74 Å². The highest BCUT2D eigenvalue weighted by atomic mass is 28.3. The predicted molar refractivity (Wildman–Crippen MR) is 85.0 cm³/mol. The van der Waals surface area contributed by atoms with E-state index < -0.39 is 31.7 Å². The molecule has 0 saturated carbocycles. The van der Waals surface area contributed by atoms with Gasteiger partial charge < -0.3 is 25.8 Å². The first-order valence-corrected chi connectivity index (χ1v) is 10.8. The SMILES string of the molecule is C[Si](C)(C)[C@@]1(O)CO[C@H](C(O)n2cnc3c(N)ncnc32)[C@H]1O. The van der Waals surface area contributed by atoms with E-state index in [9.17, 15) is 15.3 Å². The Balaban J connectivity index is 1.95. The maximum Gasteiger partial charge on any atom is 0.167 e. The number of hydrogen-bond donors (Lipinski definition) is 4. The number of aromatic nitrogens is 4. The van der Waals surface area contributed by atoms with Gasteiger partial charge in [-0.15, -0.1) is 0 Å². The third kappa shape index (κ3) is 2.34. The van der Waals surface area contributed by atoms with Crippen molar-refractivity contribution in [3.8, 4) is 0 Å². The third-order valence-electron chi connectivity index (χ3n) is 4.56. The first kappa shape index (κ1) is 16.3. The molecule has 0 aromatic carbocycles. The summed E-state index contributed by atoms with van der Waals surface area (Å²) in [6.45, 7) is 5.80. The lowest BCUT2D eigenvalue weighted by atomic mass is 10.1. The standard InChI is InChI=1S/C13H21N5O4Si/c1-23(2,3)13(21)4-22-8(9(13)19)12(20)18-6-17-7-10(14)15-5-16-11(7)18/h5-6,8-9,12,19-21H,4H2,1-3H3,(H2,14,15,16)/t8-,9+,12?,13-/m0/s1. The molecule has 126 valence electrons. The molecule has 1 aliphatic rings. The van der Waals surface area contributed by atoms with Crippen LogP contribution in [0, 0.1) is 0 Å². The molecule has 1 fully saturated rings. The number of anilines is 1. The van der Waals surface area contributed by atoms with Gasteiger partial charge in [0.15, 0.2) is 17.7 Å². The fourth-order valence-corrected chi connectivity index (χ4v) is 4.37. The zero-order valence-corrected chi connectivity index (χ0v) is 14.2. The van der Waals surface area contributed by atoms with E-state index in [1.54, 1.807) is 0 Å². The Morgan fingerprint density at radius 1 is 1.39 bits per heavy atom. The zero-order chi connectivity index (χ0) is 17.0. The van der Waals surface area contributed by atoms with Crippen LogP contribution >= 0.6 is 0 Å². The van der Waals surface area contributed by atoms with E-state index in [0.29, 0.717) is 11.2 Å². The summed E-state index contributed by atoms with van der Waals surface area (Å²) in [6, 6.07) is 0. The highest BCUT2D eigenvalue weighted by Gasteiger charge is 2.57. The average Bonchev–Trinajstić information content (AvgIpc) is 3.02. The Bertz CT molecular complexity index is 733. The van der Waals surface area contributed by atoms with Crippen molar-refractivity contribution < 1.29 is 20.1 Å². The number of hydrogen-bond acceptors (Lipinski definition) is 8. The smallest absolute Gasteiger partial charge is 0.167 e. The van der Waals surface area contributed by atoms with Crippen molar-refractivity contribution in [1.29, 1.82) is 0 Å². The lowest BCUT2D eigenvalue weighted by molar-refractivity contribution is -0.0846. The van der Waals surface area contributed by atoms with Crippen molar-refractivity contribution in [3.63, 3.8) is 0 Å². The summed E-state index contributed by atoms with van der Waals surface area (Å²) < 4.78 is 6.89. The summed E-state index contributed by atoms with van der Waals surface area (Å²) in [6.07, 6.45) is -0.814. The van der Waals surface area contributed by atoms with E-state index >= 15 is 0 Å². The van der Waals surface area contributed by atoms with Crippen LogP contribution in [0.1, 0.15) is 6.23 Å². The van der Waals surface area contributed by atoms with Crippen molar-refractivity contribution in [2.24, 2.45) is 0 Å². The average molecular weight is 339 g/mol. The molecule has 0 radical (unpaired) electrons. The minimum Gasteiger partial charge on any atom is -0.388 e. The Hall–Kier alpha value is -1.59. The van der Waals surface area contributed by atoms with Crippen LogP contribution in [0.4, 0.5) is 5.82 Å². The van der Waals surface area contributed by atoms with Gasteiger partial charge in [-0.3, -0.25) is 4.57 Å². The second-order valence-electron chi connectivity index (χ2n) is 6.89. The molecule has 0 amide bonds. The Morgan fingerprint density at radius 2 is 2.09 bits per heavy atom. The number of aliphatic hydroxyl groups excluding tert-OH is 2. The second-order valence-corrected chi connectivity index (χ2v) is 12.3. The van der Waals surface area contributed by atoms with Gasteiger partial charge in [-0.1, -0.05) is 19.6 Å². The quantitative estimate of drug-likeness (QED) is 0.537. The van der Waals surface area contributed by atoms with Gasteiger partial charge in [0.05, 0.1) is 21.0 Å². The fourth-order valence-electron chi connectivity index (χ4n) is 2.80. The molecular weight excluding hydrogens is 318 g/mol. The molecule has 2 aromatic rings. The van der Waals surface area contributed by atoms with Gasteiger partial charge in [0.2, 0.25) is 0 Å². The lowest BCUT2D eigenvalue weighted by Crippen LogP contribution is -2.61. The van der Waals surface area contributed by atoms with Gasteiger partial charge in [0.1, 0.15) is 29.3 Å². The van der Waals surface area contributed by atoms with Gasteiger partial charge in [0.25, 0.3) is 0 Å². The van der Waals surface area contributed by atoms with Gasteiger partial charge in [-0.25, -0.2) is 15.0 Å². The number of imidazole rings is 1.